The maximum atomic E-state index is 12.9. The minimum Gasteiger partial charge on any atom is -0.399 e. The molecular formula is C21H26ClFN4O2. The van der Waals surface area contributed by atoms with E-state index in [1.807, 2.05) is 29.2 Å². The summed E-state index contributed by atoms with van der Waals surface area (Å²) in [6, 6.07) is 12.9. The molecule has 2 aromatic carbocycles. The Hall–Kier alpha value is -2.80. The van der Waals surface area contributed by atoms with Crippen molar-refractivity contribution in [3.63, 3.8) is 0 Å². The molecule has 1 saturated heterocycles. The topological polar surface area (TPSA) is 87.5 Å². The summed E-state index contributed by atoms with van der Waals surface area (Å²) < 4.78 is 12.9. The van der Waals surface area contributed by atoms with Crippen molar-refractivity contribution in [2.24, 2.45) is 0 Å². The summed E-state index contributed by atoms with van der Waals surface area (Å²) in [6.45, 7) is 1.23. The van der Waals surface area contributed by atoms with Gasteiger partial charge in [0.25, 0.3) is 0 Å². The van der Waals surface area contributed by atoms with Crippen LogP contribution in [0.1, 0.15) is 24.8 Å². The van der Waals surface area contributed by atoms with Crippen LogP contribution in [0.5, 0.6) is 0 Å². The van der Waals surface area contributed by atoms with Crippen molar-refractivity contribution in [3.8, 4) is 0 Å². The normalized spacial score (nSPS) is 14.0. The monoisotopic (exact) mass is 420 g/mol. The Morgan fingerprint density at radius 1 is 1.07 bits per heavy atom. The van der Waals surface area contributed by atoms with Crippen LogP contribution in [0.15, 0.2) is 48.5 Å². The van der Waals surface area contributed by atoms with E-state index in [4.69, 9.17) is 5.73 Å². The molecule has 0 unspecified atom stereocenters. The van der Waals surface area contributed by atoms with Gasteiger partial charge in [0.05, 0.1) is 0 Å². The average molecular weight is 421 g/mol. The number of rotatable bonds is 5. The first-order valence-electron chi connectivity index (χ1n) is 9.45. The molecule has 4 N–H and O–H groups in total. The zero-order valence-electron chi connectivity index (χ0n) is 16.1. The predicted molar refractivity (Wildman–Crippen MR) is 115 cm³/mol. The molecule has 1 heterocycles. The number of anilines is 2. The fourth-order valence-corrected chi connectivity index (χ4v) is 3.32. The number of nitrogen functional groups attached to an aromatic ring is 1. The molecule has 1 aliphatic rings. The van der Waals surface area contributed by atoms with Crippen molar-refractivity contribution >= 4 is 35.7 Å². The van der Waals surface area contributed by atoms with E-state index in [-0.39, 0.29) is 36.2 Å². The first-order chi connectivity index (χ1) is 13.5. The molecule has 0 saturated carbocycles. The molecule has 0 bridgehead atoms. The van der Waals surface area contributed by atoms with Crippen LogP contribution in [0.4, 0.5) is 20.6 Å². The number of piperidine rings is 1. The van der Waals surface area contributed by atoms with Crippen molar-refractivity contribution in [2.75, 3.05) is 24.1 Å². The number of urea groups is 1. The predicted octanol–water partition coefficient (Wildman–Crippen LogP) is 3.58. The summed E-state index contributed by atoms with van der Waals surface area (Å²) >= 11 is 0. The van der Waals surface area contributed by atoms with Crippen LogP contribution in [-0.4, -0.2) is 36.0 Å². The largest absolute Gasteiger partial charge is 0.399 e. The van der Waals surface area contributed by atoms with Crippen molar-refractivity contribution in [2.45, 2.75) is 31.7 Å². The number of likely N-dealkylation sites (tertiary alicyclic amines) is 1. The Morgan fingerprint density at radius 3 is 2.38 bits per heavy atom. The van der Waals surface area contributed by atoms with E-state index in [9.17, 15) is 14.0 Å². The highest BCUT2D eigenvalue weighted by molar-refractivity contribution is 5.89. The van der Waals surface area contributed by atoms with Crippen LogP contribution >= 0.6 is 12.4 Å². The van der Waals surface area contributed by atoms with Gasteiger partial charge in [0.1, 0.15) is 5.82 Å². The molecule has 1 aliphatic heterocycles. The second kappa shape index (κ2) is 10.7. The van der Waals surface area contributed by atoms with E-state index in [0.717, 1.165) is 5.56 Å². The van der Waals surface area contributed by atoms with Gasteiger partial charge in [0.15, 0.2) is 0 Å². The SMILES string of the molecule is Cl.Nc1ccccc1CCC(=O)N1CCC(NC(=O)Nc2ccc(F)cc2)CC1. The molecule has 0 aromatic heterocycles. The molecular weight excluding hydrogens is 395 g/mol. The Kier molecular flexibility index (Phi) is 8.27. The highest BCUT2D eigenvalue weighted by Crippen LogP contribution is 2.16. The molecule has 3 rings (SSSR count). The van der Waals surface area contributed by atoms with Gasteiger partial charge in [0, 0.05) is 36.9 Å². The second-order valence-electron chi connectivity index (χ2n) is 6.96. The minimum atomic E-state index is -0.349. The van der Waals surface area contributed by atoms with Gasteiger partial charge in [-0.1, -0.05) is 18.2 Å². The highest BCUT2D eigenvalue weighted by Gasteiger charge is 2.23. The number of amides is 3. The molecule has 6 nitrogen and oxygen atoms in total. The summed E-state index contributed by atoms with van der Waals surface area (Å²) in [6.07, 6.45) is 2.47. The van der Waals surface area contributed by atoms with E-state index in [1.54, 1.807) is 0 Å². The van der Waals surface area contributed by atoms with E-state index < -0.39 is 0 Å². The fourth-order valence-electron chi connectivity index (χ4n) is 3.32. The lowest BCUT2D eigenvalue weighted by atomic mass is 10.0. The molecule has 1 fully saturated rings. The Bertz CT molecular complexity index is 824. The van der Waals surface area contributed by atoms with Crippen molar-refractivity contribution < 1.29 is 14.0 Å². The van der Waals surface area contributed by atoms with Crippen molar-refractivity contribution in [1.82, 2.24) is 10.2 Å². The first kappa shape index (κ1) is 22.5. The average Bonchev–Trinajstić information content (AvgIpc) is 2.69. The second-order valence-corrected chi connectivity index (χ2v) is 6.96. The summed E-state index contributed by atoms with van der Waals surface area (Å²) in [5.41, 5.74) is 8.16. The molecule has 0 aliphatic carbocycles. The van der Waals surface area contributed by atoms with Gasteiger partial charge in [-0.15, -0.1) is 12.4 Å². The summed E-state index contributed by atoms with van der Waals surface area (Å²) in [4.78, 5) is 26.3. The van der Waals surface area contributed by atoms with E-state index in [2.05, 4.69) is 10.6 Å². The zero-order valence-corrected chi connectivity index (χ0v) is 16.9. The molecule has 0 radical (unpaired) electrons. The third kappa shape index (κ3) is 6.64. The van der Waals surface area contributed by atoms with Crippen LogP contribution in [0.25, 0.3) is 0 Å². The van der Waals surface area contributed by atoms with Crippen molar-refractivity contribution in [1.29, 1.82) is 0 Å². The number of hydrogen-bond acceptors (Lipinski definition) is 3. The number of nitrogens with two attached hydrogens (primary N) is 1. The van der Waals surface area contributed by atoms with Gasteiger partial charge in [-0.25, -0.2) is 9.18 Å². The highest BCUT2D eigenvalue weighted by atomic mass is 35.5. The number of carbonyl (C=O) groups is 2. The van der Waals surface area contributed by atoms with Gasteiger partial charge >= 0.3 is 6.03 Å². The maximum Gasteiger partial charge on any atom is 0.319 e. The van der Waals surface area contributed by atoms with Crippen LogP contribution in [0.2, 0.25) is 0 Å². The van der Waals surface area contributed by atoms with Gasteiger partial charge in [-0.3, -0.25) is 4.79 Å². The first-order valence-corrected chi connectivity index (χ1v) is 9.45. The van der Waals surface area contributed by atoms with Crippen LogP contribution in [-0.2, 0) is 11.2 Å². The smallest absolute Gasteiger partial charge is 0.319 e. The van der Waals surface area contributed by atoms with Gasteiger partial charge in [-0.2, -0.15) is 0 Å². The summed E-state index contributed by atoms with van der Waals surface area (Å²) in [5.74, 6) is -0.240. The quantitative estimate of drug-likeness (QED) is 0.646. The van der Waals surface area contributed by atoms with E-state index >= 15 is 0 Å². The number of benzene rings is 2. The molecule has 8 heteroatoms. The van der Waals surface area contributed by atoms with Gasteiger partial charge in [0.2, 0.25) is 5.91 Å². The number of nitrogens with zero attached hydrogens (tertiary/aromatic N) is 1. The Morgan fingerprint density at radius 2 is 1.72 bits per heavy atom. The maximum absolute atomic E-state index is 12.9. The van der Waals surface area contributed by atoms with Crippen LogP contribution in [0, 0.1) is 5.82 Å². The van der Waals surface area contributed by atoms with Crippen LogP contribution in [0.3, 0.4) is 0 Å². The van der Waals surface area contributed by atoms with E-state index in [1.165, 1.54) is 24.3 Å². The van der Waals surface area contributed by atoms with Gasteiger partial charge < -0.3 is 21.3 Å². The lowest BCUT2D eigenvalue weighted by molar-refractivity contribution is -0.132. The Labute approximate surface area is 176 Å². The molecule has 0 spiro atoms. The number of para-hydroxylation sites is 1. The van der Waals surface area contributed by atoms with Crippen LogP contribution < -0.4 is 16.4 Å². The molecule has 29 heavy (non-hydrogen) atoms. The number of carbonyl (C=O) groups excluding carboxylic acids is 2. The standard InChI is InChI=1S/C21H25FN4O2.ClH/c22-16-6-8-17(9-7-16)24-21(28)25-18-11-13-26(14-12-18)20(27)10-5-15-3-1-2-4-19(15)23;/h1-4,6-9,18H,5,10-14,23H2,(H2,24,25,28);1H. The zero-order chi connectivity index (χ0) is 19.9. The number of hydrogen-bond donors (Lipinski definition) is 3. The third-order valence-corrected chi connectivity index (χ3v) is 4.95. The minimum absolute atomic E-state index is 0. The molecule has 156 valence electrons. The number of aryl methyl sites for hydroxylation is 1. The summed E-state index contributed by atoms with van der Waals surface area (Å²) in [7, 11) is 0. The molecule has 2 aromatic rings. The third-order valence-electron chi connectivity index (χ3n) is 4.95. The fraction of sp³-hybridized carbons (Fsp3) is 0.333. The number of halogens is 2. The van der Waals surface area contributed by atoms with Gasteiger partial charge in [-0.05, 0) is 55.2 Å². The lowest BCUT2D eigenvalue weighted by Crippen LogP contribution is -2.47. The van der Waals surface area contributed by atoms with Crippen molar-refractivity contribution in [3.05, 3.63) is 59.9 Å². The lowest BCUT2D eigenvalue weighted by Gasteiger charge is -2.32. The molecule has 0 atom stereocenters. The molecule has 3 amide bonds. The number of nitrogens with one attached hydrogen (secondary N) is 2. The Balaban J connectivity index is 0.00000300. The summed E-state index contributed by atoms with van der Waals surface area (Å²) in [5, 5.41) is 5.59. The van der Waals surface area contributed by atoms with E-state index in [0.29, 0.717) is 50.1 Å².